The van der Waals surface area contributed by atoms with Gasteiger partial charge in [-0.25, -0.2) is 4.79 Å². The van der Waals surface area contributed by atoms with Crippen LogP contribution in [0.5, 0.6) is 5.75 Å². The molecule has 0 aliphatic carbocycles. The Morgan fingerprint density at radius 3 is 2.18 bits per heavy atom. The normalized spacial score (nSPS) is 21.0. The lowest BCUT2D eigenvalue weighted by Gasteiger charge is -2.44. The minimum atomic E-state index is -0.442. The van der Waals surface area contributed by atoms with Crippen LogP contribution in [0.25, 0.3) is 0 Å². The van der Waals surface area contributed by atoms with Gasteiger partial charge in [-0.1, -0.05) is 0 Å². The first-order valence-electron chi connectivity index (χ1n) is 14.1. The number of hydrogen-bond donors (Lipinski definition) is 0. The number of hydrogen-bond acceptors (Lipinski definition) is 8. The number of nitrogens with zero attached hydrogens (tertiary/aromatic N) is 5. The molecule has 3 aliphatic heterocycles. The second-order valence-electron chi connectivity index (χ2n) is 12.0. The number of benzene rings is 1. The van der Waals surface area contributed by atoms with Gasteiger partial charge in [0.25, 0.3) is 0 Å². The molecule has 212 valence electrons. The quantitative estimate of drug-likeness (QED) is 0.400. The summed E-state index contributed by atoms with van der Waals surface area (Å²) in [6, 6.07) is 4.06. The summed E-state index contributed by atoms with van der Waals surface area (Å²) in [5, 5.41) is 11.3. The van der Waals surface area contributed by atoms with Crippen molar-refractivity contribution in [1.29, 1.82) is 0 Å². The molecule has 0 radical (unpaired) electrons. The van der Waals surface area contributed by atoms with E-state index < -0.39 is 5.60 Å². The molecular formula is C28H45N5O5. The van der Waals surface area contributed by atoms with Gasteiger partial charge in [0, 0.05) is 69.7 Å². The lowest BCUT2D eigenvalue weighted by Crippen LogP contribution is -2.53. The number of piperidine rings is 2. The summed E-state index contributed by atoms with van der Waals surface area (Å²) in [6.45, 7) is 16.5. The zero-order chi connectivity index (χ0) is 27.4. The van der Waals surface area contributed by atoms with E-state index in [4.69, 9.17) is 9.47 Å². The molecule has 0 aromatic heterocycles. The van der Waals surface area contributed by atoms with Crippen LogP contribution < -0.4 is 9.64 Å². The highest BCUT2D eigenvalue weighted by molar-refractivity contribution is 5.68. The van der Waals surface area contributed by atoms with Gasteiger partial charge >= 0.3 is 11.8 Å². The van der Waals surface area contributed by atoms with Gasteiger partial charge in [0.15, 0.2) is 5.75 Å². The average molecular weight is 532 g/mol. The standard InChI is InChI=1S/C28H45N5O5/c1-21-18-25(33(35)36)26(37-5)19-24(21)31-16-14-30(15-17-31)23-8-10-29(11-9-23)20-22-6-12-32(13-7-22)27(34)38-28(2,3)4/h18-19,22-23H,6-17,20H2,1-5H3. The van der Waals surface area contributed by atoms with E-state index in [1.807, 2.05) is 38.7 Å². The highest BCUT2D eigenvalue weighted by Gasteiger charge is 2.31. The van der Waals surface area contributed by atoms with Gasteiger partial charge < -0.3 is 24.2 Å². The van der Waals surface area contributed by atoms with Crippen LogP contribution in [-0.2, 0) is 4.74 Å². The van der Waals surface area contributed by atoms with Crippen molar-refractivity contribution in [3.63, 3.8) is 0 Å². The summed E-state index contributed by atoms with van der Waals surface area (Å²) < 4.78 is 10.8. The number of carbonyl (C=O) groups is 1. The lowest BCUT2D eigenvalue weighted by atomic mass is 9.94. The number of likely N-dealkylation sites (tertiary alicyclic amines) is 2. The number of methoxy groups -OCH3 is 1. The Balaban J connectivity index is 1.19. The van der Waals surface area contributed by atoms with Crippen LogP contribution in [0.1, 0.15) is 52.0 Å². The molecule has 3 fully saturated rings. The van der Waals surface area contributed by atoms with Crippen molar-refractivity contribution in [1.82, 2.24) is 14.7 Å². The van der Waals surface area contributed by atoms with Gasteiger partial charge in [0.2, 0.25) is 0 Å². The number of carbonyl (C=O) groups excluding carboxylic acids is 1. The van der Waals surface area contributed by atoms with E-state index in [0.717, 1.165) is 83.0 Å². The Kier molecular flexibility index (Phi) is 9.03. The first kappa shape index (κ1) is 28.4. The Hall–Kier alpha value is -2.59. The van der Waals surface area contributed by atoms with Crippen LogP contribution in [0.4, 0.5) is 16.2 Å². The number of piperazine rings is 1. The SMILES string of the molecule is COc1cc(N2CCN(C3CCN(CC4CCN(C(=O)OC(C)(C)C)CC4)CC3)CC2)c(C)cc1[N+](=O)[O-]. The highest BCUT2D eigenvalue weighted by atomic mass is 16.6. The Bertz CT molecular complexity index is 973. The van der Waals surface area contributed by atoms with Crippen molar-refractivity contribution < 1.29 is 19.2 Å². The molecule has 1 aromatic carbocycles. The second-order valence-corrected chi connectivity index (χ2v) is 12.0. The molecule has 3 saturated heterocycles. The number of amides is 1. The van der Waals surface area contributed by atoms with Crippen LogP contribution in [0.2, 0.25) is 0 Å². The minimum Gasteiger partial charge on any atom is -0.490 e. The number of ether oxygens (including phenoxy) is 2. The molecule has 10 nitrogen and oxygen atoms in total. The van der Waals surface area contributed by atoms with Gasteiger partial charge in [0.1, 0.15) is 5.60 Å². The second kappa shape index (κ2) is 12.1. The van der Waals surface area contributed by atoms with E-state index in [0.29, 0.717) is 17.7 Å². The maximum absolute atomic E-state index is 12.3. The predicted molar refractivity (Wildman–Crippen MR) is 148 cm³/mol. The summed E-state index contributed by atoms with van der Waals surface area (Å²) in [7, 11) is 1.48. The minimum absolute atomic E-state index is 0.0211. The van der Waals surface area contributed by atoms with Crippen LogP contribution in [0, 0.1) is 23.0 Å². The van der Waals surface area contributed by atoms with Gasteiger partial charge in [-0.3, -0.25) is 15.0 Å². The van der Waals surface area contributed by atoms with E-state index in [1.165, 1.54) is 20.0 Å². The Morgan fingerprint density at radius 1 is 1.00 bits per heavy atom. The summed E-state index contributed by atoms with van der Waals surface area (Å²) in [6.07, 6.45) is 4.31. The van der Waals surface area contributed by atoms with Crippen molar-refractivity contribution in [2.45, 2.75) is 65.0 Å². The molecular weight excluding hydrogens is 486 g/mol. The van der Waals surface area contributed by atoms with Crippen molar-refractivity contribution in [3.8, 4) is 5.75 Å². The maximum Gasteiger partial charge on any atom is 0.410 e. The highest BCUT2D eigenvalue weighted by Crippen LogP contribution is 2.35. The maximum atomic E-state index is 12.3. The molecule has 10 heteroatoms. The lowest BCUT2D eigenvalue weighted by molar-refractivity contribution is -0.385. The van der Waals surface area contributed by atoms with E-state index in [9.17, 15) is 14.9 Å². The van der Waals surface area contributed by atoms with E-state index in [2.05, 4.69) is 14.7 Å². The molecule has 0 saturated carbocycles. The van der Waals surface area contributed by atoms with Crippen LogP contribution >= 0.6 is 0 Å². The van der Waals surface area contributed by atoms with Gasteiger partial charge in [-0.2, -0.15) is 0 Å². The number of nitro groups is 1. The summed E-state index contributed by atoms with van der Waals surface area (Å²) in [4.78, 5) is 32.7. The van der Waals surface area contributed by atoms with Crippen LogP contribution in [-0.4, -0.2) is 103 Å². The summed E-state index contributed by atoms with van der Waals surface area (Å²) >= 11 is 0. The fraction of sp³-hybridized carbons (Fsp3) is 0.750. The van der Waals surface area contributed by atoms with Crippen molar-refractivity contribution in [3.05, 3.63) is 27.8 Å². The molecule has 0 N–H and O–H groups in total. The Morgan fingerprint density at radius 2 is 1.63 bits per heavy atom. The van der Waals surface area contributed by atoms with Gasteiger partial charge in [-0.15, -0.1) is 0 Å². The first-order valence-corrected chi connectivity index (χ1v) is 14.1. The van der Waals surface area contributed by atoms with Crippen molar-refractivity contribution in [2.24, 2.45) is 5.92 Å². The molecule has 1 aromatic rings. The molecule has 4 rings (SSSR count). The molecule has 0 unspecified atom stereocenters. The monoisotopic (exact) mass is 531 g/mol. The van der Waals surface area contributed by atoms with E-state index >= 15 is 0 Å². The van der Waals surface area contributed by atoms with Crippen molar-refractivity contribution >= 4 is 17.5 Å². The summed E-state index contributed by atoms with van der Waals surface area (Å²) in [5.74, 6) is 0.969. The zero-order valence-corrected chi connectivity index (χ0v) is 23.8. The molecule has 0 spiro atoms. The molecule has 0 atom stereocenters. The number of anilines is 1. The van der Waals surface area contributed by atoms with Gasteiger partial charge in [-0.05, 0) is 77.9 Å². The number of rotatable bonds is 6. The molecule has 38 heavy (non-hydrogen) atoms. The molecule has 0 bridgehead atoms. The smallest absolute Gasteiger partial charge is 0.410 e. The van der Waals surface area contributed by atoms with E-state index in [-0.39, 0.29) is 16.7 Å². The number of aryl methyl sites for hydroxylation is 1. The summed E-state index contributed by atoms with van der Waals surface area (Å²) in [5.41, 5.74) is 1.52. The van der Waals surface area contributed by atoms with Crippen molar-refractivity contribution in [2.75, 3.05) is 70.9 Å². The molecule has 3 heterocycles. The Labute approximate surface area is 227 Å². The topological polar surface area (TPSA) is 91.6 Å². The third-order valence-corrected chi connectivity index (χ3v) is 8.21. The predicted octanol–water partition coefficient (Wildman–Crippen LogP) is 4.15. The third kappa shape index (κ3) is 7.08. The van der Waals surface area contributed by atoms with Crippen LogP contribution in [0.15, 0.2) is 12.1 Å². The van der Waals surface area contributed by atoms with E-state index in [1.54, 1.807) is 6.07 Å². The fourth-order valence-corrected chi connectivity index (χ4v) is 6.09. The number of nitro benzene ring substituents is 1. The molecule has 3 aliphatic rings. The van der Waals surface area contributed by atoms with Gasteiger partial charge in [0.05, 0.1) is 12.0 Å². The van der Waals surface area contributed by atoms with Crippen LogP contribution in [0.3, 0.4) is 0 Å². The largest absolute Gasteiger partial charge is 0.490 e. The third-order valence-electron chi connectivity index (χ3n) is 8.21. The zero-order valence-electron chi connectivity index (χ0n) is 23.8. The average Bonchev–Trinajstić information content (AvgIpc) is 2.88. The molecule has 1 amide bonds. The fourth-order valence-electron chi connectivity index (χ4n) is 6.09. The first-order chi connectivity index (χ1) is 18.0.